The van der Waals surface area contributed by atoms with E-state index in [1.807, 2.05) is 10.8 Å². The molecule has 0 unspecified atom stereocenters. The lowest BCUT2D eigenvalue weighted by Gasteiger charge is -2.30. The summed E-state index contributed by atoms with van der Waals surface area (Å²) in [6.45, 7) is 8.08. The number of rotatable bonds is 33. The van der Waals surface area contributed by atoms with Gasteiger partial charge in [-0.2, -0.15) is 0 Å². The SMILES string of the molecule is Cc1c(N)nc([C@H](CC(N)=O)NC[C@H](N)C(N)=O)nc1C(=O)N[C@H](C(=O)N[C@H](C)[C@@H](O)[C@H](C)C(=O)N[C@H](C(=O)NCCc1nc(-c2nc(-c3nc(C(=O)NCCCNCCCCN)cs3)cs2)cs1)[C@@H](C)O)[C@@H](O)c1cnc[nH]1. The molecule has 5 rings (SSSR count). The molecule has 7 amide bonds. The van der Waals surface area contributed by atoms with Crippen LogP contribution in [0.1, 0.15) is 102 Å². The van der Waals surface area contributed by atoms with Crippen molar-refractivity contribution in [1.82, 2.24) is 72.1 Å². The molecule has 5 aromatic rings. The first kappa shape index (κ1) is 62.8. The predicted molar refractivity (Wildman–Crippen MR) is 293 cm³/mol. The number of nitrogens with one attached hydrogen (secondary N) is 8. The van der Waals surface area contributed by atoms with Gasteiger partial charge in [0, 0.05) is 54.2 Å². The van der Waals surface area contributed by atoms with E-state index in [0.29, 0.717) is 51.6 Å². The number of thiazole rings is 3. The number of carbonyl (C=O) groups is 7. The Labute approximate surface area is 465 Å². The fourth-order valence-corrected chi connectivity index (χ4v) is 9.93. The molecule has 0 saturated heterocycles. The number of nitrogens with zero attached hydrogens (tertiary/aromatic N) is 6. The molecule has 29 nitrogen and oxygen atoms in total. The van der Waals surface area contributed by atoms with E-state index in [4.69, 9.17) is 28.7 Å². The number of primary amides is 2. The third kappa shape index (κ3) is 18.3. The van der Waals surface area contributed by atoms with E-state index in [2.05, 4.69) is 72.1 Å². The van der Waals surface area contributed by atoms with Crippen LogP contribution in [-0.4, -0.2) is 167 Å². The second kappa shape index (κ2) is 30.4. The van der Waals surface area contributed by atoms with Crippen LogP contribution in [0.15, 0.2) is 28.7 Å². The fourth-order valence-electron chi connectivity index (χ4n) is 7.47. The molecular formula is C47H69N19O10S3. The highest BCUT2D eigenvalue weighted by Gasteiger charge is 2.37. The Kier molecular flexibility index (Phi) is 24.2. The first-order valence-corrected chi connectivity index (χ1v) is 27.7. The van der Waals surface area contributed by atoms with E-state index in [9.17, 15) is 48.9 Å². The zero-order chi connectivity index (χ0) is 57.9. The third-order valence-electron chi connectivity index (χ3n) is 12.2. The van der Waals surface area contributed by atoms with Crippen molar-refractivity contribution >= 4 is 81.2 Å². The molecule has 32 heteroatoms. The Morgan fingerprint density at radius 1 is 0.747 bits per heavy atom. The molecule has 5 heterocycles. The number of aliphatic hydroxyl groups is 3. The van der Waals surface area contributed by atoms with Crippen molar-refractivity contribution in [1.29, 1.82) is 0 Å². The zero-order valence-corrected chi connectivity index (χ0v) is 46.3. The maximum atomic E-state index is 14.0. The van der Waals surface area contributed by atoms with E-state index in [1.54, 1.807) is 5.38 Å². The standard InChI is InChI=1S/C47H69N19O10S3/c1-21-33(63-40(66-38(21)51)26(14-31(50)68)57-15-25(49)39(52)71)44(75)65-35(37(70)27-16-54-20-58-27)45(76)59-23(3)36(69)22(2)41(72)64-34(24(4)67)43(74)56-13-8-32-60-29(18-77-32)46-62-30(19-79-46)47-61-28(17-78-47)42(73)55-12-7-11-53-10-6-5-9-48/h16-20,22-26,34-37,53,57,67,69-70H,5-15,48-49H2,1-4H3,(H2,50,68)(H2,52,71)(H,54,58)(H,55,73)(H,56,74)(H,59,76)(H,64,72)(H,65,75)(H2,51,63,66)/t22-,23+,24+,25-,26-,34-,35-,36-,37-/m0/s1. The monoisotopic (exact) mass is 1160 g/mol. The summed E-state index contributed by atoms with van der Waals surface area (Å²) in [5, 5.41) is 59.6. The lowest BCUT2D eigenvalue weighted by atomic mass is 9.96. The average molecular weight is 1160 g/mol. The topological polar surface area (TPSA) is 488 Å². The molecule has 0 aliphatic rings. The average Bonchev–Trinajstić information content (AvgIpc) is 4.31. The number of aromatic nitrogens is 7. The Morgan fingerprint density at radius 2 is 1.44 bits per heavy atom. The number of aromatic amines is 1. The van der Waals surface area contributed by atoms with Gasteiger partial charge in [-0.3, -0.25) is 33.6 Å². The maximum Gasteiger partial charge on any atom is 0.271 e. The second-order valence-electron chi connectivity index (χ2n) is 18.4. The smallest absolute Gasteiger partial charge is 0.271 e. The first-order chi connectivity index (χ1) is 37.6. The van der Waals surface area contributed by atoms with Gasteiger partial charge in [-0.1, -0.05) is 6.92 Å². The molecule has 0 radical (unpaired) electrons. The Morgan fingerprint density at radius 3 is 2.13 bits per heavy atom. The zero-order valence-electron chi connectivity index (χ0n) is 43.9. The number of carbonyl (C=O) groups excluding carboxylic acids is 7. The van der Waals surface area contributed by atoms with Crippen LogP contribution in [0.5, 0.6) is 0 Å². The molecule has 79 heavy (non-hydrogen) atoms. The number of hydrogen-bond acceptors (Lipinski definition) is 24. The summed E-state index contributed by atoms with van der Waals surface area (Å²) in [5.41, 5.74) is 29.3. The highest BCUT2D eigenvalue weighted by molar-refractivity contribution is 7.16. The van der Waals surface area contributed by atoms with Crippen molar-refractivity contribution in [2.75, 3.05) is 45.0 Å². The van der Waals surface area contributed by atoms with Gasteiger partial charge >= 0.3 is 0 Å². The largest absolute Gasteiger partial charge is 0.391 e. The maximum absolute atomic E-state index is 14.0. The number of anilines is 1. The summed E-state index contributed by atoms with van der Waals surface area (Å²) >= 11 is 4.02. The van der Waals surface area contributed by atoms with Gasteiger partial charge in [0.15, 0.2) is 0 Å². The van der Waals surface area contributed by atoms with E-state index in [1.165, 1.54) is 74.2 Å². The third-order valence-corrected chi connectivity index (χ3v) is 14.8. The molecule has 0 saturated carbocycles. The molecule has 0 aliphatic heterocycles. The van der Waals surface area contributed by atoms with Crippen LogP contribution in [0.4, 0.5) is 5.82 Å². The number of unbranched alkanes of at least 4 members (excludes halogenated alkanes) is 1. The fraction of sp³-hybridized carbons (Fsp3) is 0.511. The molecule has 430 valence electrons. The minimum Gasteiger partial charge on any atom is -0.391 e. The Balaban J connectivity index is 1.15. The number of H-pyrrole nitrogens is 1. The van der Waals surface area contributed by atoms with Crippen LogP contribution in [-0.2, 0) is 30.4 Å². The van der Waals surface area contributed by atoms with Crippen LogP contribution < -0.4 is 65.9 Å². The van der Waals surface area contributed by atoms with Crippen LogP contribution >= 0.6 is 34.0 Å². The summed E-state index contributed by atoms with van der Waals surface area (Å²) in [6, 6.07) is -6.80. The molecule has 0 fully saturated rings. The summed E-state index contributed by atoms with van der Waals surface area (Å²) in [4.78, 5) is 120. The van der Waals surface area contributed by atoms with Crippen LogP contribution in [0.2, 0.25) is 0 Å². The van der Waals surface area contributed by atoms with Crippen molar-refractivity contribution in [3.8, 4) is 21.4 Å². The Bertz CT molecular complexity index is 2850. The minimum absolute atomic E-state index is 0.00219. The highest BCUT2D eigenvalue weighted by atomic mass is 32.1. The molecule has 21 N–H and O–H groups in total. The van der Waals surface area contributed by atoms with Gasteiger partial charge in [-0.25, -0.2) is 29.9 Å². The van der Waals surface area contributed by atoms with Gasteiger partial charge in [0.2, 0.25) is 29.5 Å². The normalized spacial score (nSPS) is 14.8. The molecular weight excluding hydrogens is 1090 g/mol. The highest BCUT2D eigenvalue weighted by Crippen LogP contribution is 2.31. The summed E-state index contributed by atoms with van der Waals surface area (Å²) in [5.74, 6) is -7.30. The quantitative estimate of drug-likeness (QED) is 0.0188. The van der Waals surface area contributed by atoms with Gasteiger partial charge in [0.25, 0.3) is 11.8 Å². The molecule has 5 aromatic heterocycles. The van der Waals surface area contributed by atoms with E-state index >= 15 is 0 Å². The van der Waals surface area contributed by atoms with Gasteiger partial charge < -0.3 is 86.2 Å². The number of nitrogens with two attached hydrogens (primary N) is 5. The van der Waals surface area contributed by atoms with Crippen molar-refractivity contribution in [2.24, 2.45) is 28.9 Å². The lowest BCUT2D eigenvalue weighted by Crippen LogP contribution is -2.57. The lowest BCUT2D eigenvalue weighted by molar-refractivity contribution is -0.136. The summed E-state index contributed by atoms with van der Waals surface area (Å²) in [7, 11) is 0. The molecule has 0 bridgehead atoms. The van der Waals surface area contributed by atoms with E-state index < -0.39 is 96.3 Å². The van der Waals surface area contributed by atoms with Gasteiger partial charge in [0.05, 0.1) is 59.5 Å². The molecule has 0 spiro atoms. The number of imidazole rings is 1. The number of aliphatic hydroxyl groups excluding tert-OH is 3. The minimum atomic E-state index is -1.82. The van der Waals surface area contributed by atoms with Crippen LogP contribution in [0, 0.1) is 12.8 Å². The van der Waals surface area contributed by atoms with E-state index in [-0.39, 0.29) is 47.6 Å². The predicted octanol–water partition coefficient (Wildman–Crippen LogP) is -2.88. The Hall–Kier alpha value is -7.01. The van der Waals surface area contributed by atoms with Gasteiger partial charge in [-0.05, 0) is 59.7 Å². The van der Waals surface area contributed by atoms with Crippen molar-refractivity contribution in [2.45, 2.75) is 108 Å². The number of hydrogen-bond donors (Lipinski definition) is 16. The van der Waals surface area contributed by atoms with Crippen LogP contribution in [0.25, 0.3) is 21.4 Å². The van der Waals surface area contributed by atoms with Crippen LogP contribution in [0.3, 0.4) is 0 Å². The summed E-state index contributed by atoms with van der Waals surface area (Å²) < 4.78 is 0. The molecule has 0 aromatic carbocycles. The molecule has 9 atom stereocenters. The van der Waals surface area contributed by atoms with Crippen molar-refractivity contribution < 1.29 is 48.9 Å². The van der Waals surface area contributed by atoms with Gasteiger partial charge in [0.1, 0.15) is 62.6 Å². The molecule has 0 aliphatic carbocycles. The summed E-state index contributed by atoms with van der Waals surface area (Å²) in [6.07, 6.45) is 0.254. The van der Waals surface area contributed by atoms with E-state index in [0.717, 1.165) is 32.4 Å². The van der Waals surface area contributed by atoms with Crippen molar-refractivity contribution in [3.05, 3.63) is 62.1 Å². The first-order valence-electron chi connectivity index (χ1n) is 25.1. The number of amides is 7. The number of nitrogen functional groups attached to an aromatic ring is 1. The van der Waals surface area contributed by atoms with Gasteiger partial charge in [-0.15, -0.1) is 34.0 Å². The van der Waals surface area contributed by atoms with Crippen molar-refractivity contribution in [3.63, 3.8) is 0 Å². The second-order valence-corrected chi connectivity index (χ2v) is 21.0.